The number of halogens is 1. The highest BCUT2D eigenvalue weighted by atomic mass is 79.9. The summed E-state index contributed by atoms with van der Waals surface area (Å²) in [6.45, 7) is 1.41. The van der Waals surface area contributed by atoms with Crippen LogP contribution in [-0.2, 0) is 20.9 Å². The van der Waals surface area contributed by atoms with Gasteiger partial charge in [-0.25, -0.2) is 14.6 Å². The topological polar surface area (TPSA) is 74.7 Å². The van der Waals surface area contributed by atoms with Crippen LogP contribution >= 0.6 is 15.9 Å². The Hall–Kier alpha value is -2.93. The molecule has 1 heterocycles. The van der Waals surface area contributed by atoms with Crippen molar-refractivity contribution in [3.8, 4) is 5.75 Å². The molecule has 6 nitrogen and oxygen atoms in total. The number of hydrogen-bond donors (Lipinski definition) is 0. The van der Waals surface area contributed by atoms with Crippen molar-refractivity contribution in [1.82, 2.24) is 4.98 Å². The Morgan fingerprint density at radius 1 is 1.11 bits per heavy atom. The molecule has 0 amide bonds. The number of ether oxygens (including phenoxy) is 3. The van der Waals surface area contributed by atoms with Gasteiger partial charge in [0.2, 0.25) is 0 Å². The fraction of sp³-hybridized carbons (Fsp3) is 0.190. The lowest BCUT2D eigenvalue weighted by Gasteiger charge is -2.13. The second-order valence-electron chi connectivity index (χ2n) is 5.97. The third-order valence-corrected chi connectivity index (χ3v) is 4.63. The molecule has 0 aliphatic heterocycles. The highest BCUT2D eigenvalue weighted by Crippen LogP contribution is 2.24. The van der Waals surface area contributed by atoms with Crippen molar-refractivity contribution in [2.24, 2.45) is 0 Å². The Balaban J connectivity index is 1.75. The Morgan fingerprint density at radius 2 is 1.89 bits per heavy atom. The van der Waals surface area contributed by atoms with Gasteiger partial charge in [0, 0.05) is 9.86 Å². The maximum atomic E-state index is 12.3. The van der Waals surface area contributed by atoms with E-state index in [1.165, 1.54) is 7.11 Å². The van der Waals surface area contributed by atoms with Crippen LogP contribution in [0.5, 0.6) is 5.75 Å². The Kier molecular flexibility index (Phi) is 6.26. The highest BCUT2D eigenvalue weighted by Gasteiger charge is 2.20. The van der Waals surface area contributed by atoms with E-state index >= 15 is 0 Å². The van der Waals surface area contributed by atoms with E-state index in [-0.39, 0.29) is 13.2 Å². The van der Waals surface area contributed by atoms with Crippen LogP contribution in [0.25, 0.3) is 10.9 Å². The fourth-order valence-corrected chi connectivity index (χ4v) is 3.19. The molecule has 0 N–H and O–H groups in total. The summed E-state index contributed by atoms with van der Waals surface area (Å²) in [4.78, 5) is 28.8. The van der Waals surface area contributed by atoms with E-state index in [4.69, 9.17) is 14.2 Å². The molecule has 3 rings (SSSR count). The summed E-state index contributed by atoms with van der Waals surface area (Å²) in [5, 5.41) is 0.843. The predicted octanol–water partition coefficient (Wildman–Crippen LogP) is 4.21. The molecule has 0 radical (unpaired) electrons. The van der Waals surface area contributed by atoms with Crippen LogP contribution in [-0.4, -0.2) is 30.6 Å². The van der Waals surface area contributed by atoms with Crippen molar-refractivity contribution in [1.29, 1.82) is 0 Å². The number of benzene rings is 2. The molecule has 144 valence electrons. The van der Waals surface area contributed by atoms with E-state index in [2.05, 4.69) is 20.9 Å². The molecule has 28 heavy (non-hydrogen) atoms. The number of rotatable bonds is 6. The van der Waals surface area contributed by atoms with E-state index in [9.17, 15) is 9.59 Å². The maximum absolute atomic E-state index is 12.3. The fourth-order valence-electron chi connectivity index (χ4n) is 2.81. The Labute approximate surface area is 170 Å². The molecule has 0 bridgehead atoms. The lowest BCUT2D eigenvalue weighted by atomic mass is 10.0. The van der Waals surface area contributed by atoms with Crippen LogP contribution in [0.3, 0.4) is 0 Å². The number of nitrogens with zero attached hydrogens (tertiary/aromatic N) is 1. The average molecular weight is 444 g/mol. The van der Waals surface area contributed by atoms with Gasteiger partial charge >= 0.3 is 11.9 Å². The van der Waals surface area contributed by atoms with Crippen LogP contribution in [0.1, 0.15) is 21.6 Å². The number of carbonyl (C=O) groups is 2. The third kappa shape index (κ3) is 4.48. The first-order valence-corrected chi connectivity index (χ1v) is 9.29. The second kappa shape index (κ2) is 8.84. The van der Waals surface area contributed by atoms with Crippen molar-refractivity contribution >= 4 is 38.8 Å². The summed E-state index contributed by atoms with van der Waals surface area (Å²) in [7, 11) is 1.30. The molecule has 0 saturated heterocycles. The van der Waals surface area contributed by atoms with Gasteiger partial charge in [-0.15, -0.1) is 0 Å². The SMILES string of the molecule is COC(=O)c1c(COC(=O)COc2cccc(Br)c2)nc2ccccc2c1C. The van der Waals surface area contributed by atoms with E-state index in [0.717, 1.165) is 15.4 Å². The smallest absolute Gasteiger partial charge is 0.344 e. The number of esters is 2. The molecule has 0 saturated carbocycles. The van der Waals surface area contributed by atoms with Gasteiger partial charge < -0.3 is 14.2 Å². The lowest BCUT2D eigenvalue weighted by Crippen LogP contribution is -2.17. The van der Waals surface area contributed by atoms with Gasteiger partial charge in [-0.05, 0) is 36.8 Å². The summed E-state index contributed by atoms with van der Waals surface area (Å²) in [5.74, 6) is -0.545. The van der Waals surface area contributed by atoms with Gasteiger partial charge in [0.05, 0.1) is 23.9 Å². The van der Waals surface area contributed by atoms with E-state index in [1.54, 1.807) is 18.2 Å². The summed E-state index contributed by atoms with van der Waals surface area (Å²) in [6, 6.07) is 14.6. The number of methoxy groups -OCH3 is 1. The van der Waals surface area contributed by atoms with Crippen LogP contribution in [0.15, 0.2) is 53.0 Å². The zero-order chi connectivity index (χ0) is 20.1. The number of para-hydroxylation sites is 1. The van der Waals surface area contributed by atoms with Crippen LogP contribution in [0.4, 0.5) is 0 Å². The van der Waals surface area contributed by atoms with E-state index < -0.39 is 11.9 Å². The van der Waals surface area contributed by atoms with Crippen molar-refractivity contribution < 1.29 is 23.8 Å². The molecule has 1 aromatic heterocycles. The van der Waals surface area contributed by atoms with Gasteiger partial charge in [-0.2, -0.15) is 0 Å². The molecule has 2 aromatic carbocycles. The molecule has 0 aliphatic carbocycles. The number of fused-ring (bicyclic) bond motifs is 1. The Bertz CT molecular complexity index is 1030. The van der Waals surface area contributed by atoms with Crippen molar-refractivity contribution in [2.75, 3.05) is 13.7 Å². The molecule has 0 fully saturated rings. The Morgan fingerprint density at radius 3 is 2.64 bits per heavy atom. The number of hydrogen-bond acceptors (Lipinski definition) is 6. The molecule has 0 atom stereocenters. The summed E-state index contributed by atoms with van der Waals surface area (Å²) in [6.07, 6.45) is 0. The molecule has 0 unspecified atom stereocenters. The summed E-state index contributed by atoms with van der Waals surface area (Å²) in [5.41, 5.74) is 2.10. The first-order valence-electron chi connectivity index (χ1n) is 8.50. The summed E-state index contributed by atoms with van der Waals surface area (Å²) >= 11 is 3.34. The quantitative estimate of drug-likeness (QED) is 0.531. The second-order valence-corrected chi connectivity index (χ2v) is 6.89. The maximum Gasteiger partial charge on any atom is 0.344 e. The van der Waals surface area contributed by atoms with Gasteiger partial charge in [0.15, 0.2) is 6.61 Å². The van der Waals surface area contributed by atoms with Gasteiger partial charge in [0.25, 0.3) is 0 Å². The monoisotopic (exact) mass is 443 g/mol. The standard InChI is InChI=1S/C21H18BrNO5/c1-13-16-8-3-4-9-17(16)23-18(20(13)21(25)26-2)11-28-19(24)12-27-15-7-5-6-14(22)10-15/h3-10H,11-12H2,1-2H3. The largest absolute Gasteiger partial charge is 0.482 e. The van der Waals surface area contributed by atoms with Crippen molar-refractivity contribution in [3.05, 3.63) is 69.8 Å². The first-order chi connectivity index (χ1) is 13.5. The average Bonchev–Trinajstić information content (AvgIpc) is 2.70. The number of pyridine rings is 1. The number of carbonyl (C=O) groups excluding carboxylic acids is 2. The van der Waals surface area contributed by atoms with Crippen molar-refractivity contribution in [2.45, 2.75) is 13.5 Å². The number of aryl methyl sites for hydroxylation is 1. The van der Waals surface area contributed by atoms with E-state index in [0.29, 0.717) is 22.5 Å². The minimum absolute atomic E-state index is 0.156. The minimum atomic E-state index is -0.566. The minimum Gasteiger partial charge on any atom is -0.482 e. The van der Waals surface area contributed by atoms with Crippen LogP contribution < -0.4 is 4.74 Å². The molecule has 7 heteroatoms. The third-order valence-electron chi connectivity index (χ3n) is 4.14. The molecular weight excluding hydrogens is 426 g/mol. The molecule has 3 aromatic rings. The normalized spacial score (nSPS) is 10.5. The zero-order valence-electron chi connectivity index (χ0n) is 15.4. The van der Waals surface area contributed by atoms with Gasteiger partial charge in [-0.3, -0.25) is 0 Å². The summed E-state index contributed by atoms with van der Waals surface area (Å²) < 4.78 is 16.4. The van der Waals surface area contributed by atoms with Crippen molar-refractivity contribution in [3.63, 3.8) is 0 Å². The van der Waals surface area contributed by atoms with Gasteiger partial charge in [0.1, 0.15) is 12.4 Å². The van der Waals surface area contributed by atoms with E-state index in [1.807, 2.05) is 37.3 Å². The lowest BCUT2D eigenvalue weighted by molar-refractivity contribution is -0.147. The van der Waals surface area contributed by atoms with Gasteiger partial charge in [-0.1, -0.05) is 40.2 Å². The van der Waals surface area contributed by atoms with Crippen LogP contribution in [0.2, 0.25) is 0 Å². The molecule has 0 spiro atoms. The number of aromatic nitrogens is 1. The zero-order valence-corrected chi connectivity index (χ0v) is 17.0. The van der Waals surface area contributed by atoms with Crippen LogP contribution in [0, 0.1) is 6.92 Å². The predicted molar refractivity (Wildman–Crippen MR) is 107 cm³/mol. The molecule has 0 aliphatic rings. The highest BCUT2D eigenvalue weighted by molar-refractivity contribution is 9.10. The molecular formula is C21H18BrNO5. The first kappa shape index (κ1) is 19.8.